The van der Waals surface area contributed by atoms with E-state index in [4.69, 9.17) is 0 Å². The molecule has 1 unspecified atom stereocenters. The van der Waals surface area contributed by atoms with E-state index in [1.165, 1.54) is 71.2 Å². The molecule has 0 saturated carbocycles. The minimum absolute atomic E-state index is 0.779. The third-order valence-corrected chi connectivity index (χ3v) is 4.78. The van der Waals surface area contributed by atoms with Gasteiger partial charge in [0.05, 0.1) is 0 Å². The van der Waals surface area contributed by atoms with E-state index in [1.807, 2.05) is 0 Å². The van der Waals surface area contributed by atoms with Gasteiger partial charge in [0.25, 0.3) is 0 Å². The fourth-order valence-corrected chi connectivity index (χ4v) is 3.29. The maximum atomic E-state index is 3.80. The Morgan fingerprint density at radius 1 is 0.889 bits per heavy atom. The molecule has 2 heterocycles. The van der Waals surface area contributed by atoms with Gasteiger partial charge in [-0.1, -0.05) is 0 Å². The predicted molar refractivity (Wildman–Crippen MR) is 78.0 cm³/mol. The molecule has 0 spiro atoms. The van der Waals surface area contributed by atoms with Crippen LogP contribution < -0.4 is 5.32 Å². The van der Waals surface area contributed by atoms with Gasteiger partial charge in [-0.2, -0.15) is 0 Å². The highest BCUT2D eigenvalue weighted by molar-refractivity contribution is 4.75. The molecule has 0 radical (unpaired) electrons. The first-order valence-electron chi connectivity index (χ1n) is 7.84. The summed E-state index contributed by atoms with van der Waals surface area (Å²) in [6.45, 7) is 6.40. The van der Waals surface area contributed by atoms with Crippen LogP contribution in [0.25, 0.3) is 0 Å². The van der Waals surface area contributed by atoms with Crippen LogP contribution in [0, 0.1) is 5.92 Å². The average Bonchev–Trinajstić information content (AvgIpc) is 2.57. The molecule has 0 amide bonds. The topological polar surface area (TPSA) is 18.5 Å². The summed E-state index contributed by atoms with van der Waals surface area (Å²) in [5, 5.41) is 3.80. The zero-order valence-corrected chi connectivity index (χ0v) is 12.3. The molecule has 0 aromatic rings. The van der Waals surface area contributed by atoms with E-state index in [0.29, 0.717) is 0 Å². The zero-order chi connectivity index (χ0) is 12.8. The Morgan fingerprint density at radius 3 is 2.33 bits per heavy atom. The van der Waals surface area contributed by atoms with Gasteiger partial charge in [-0.05, 0) is 91.3 Å². The van der Waals surface area contributed by atoms with E-state index in [9.17, 15) is 0 Å². The van der Waals surface area contributed by atoms with Crippen molar-refractivity contribution in [3.05, 3.63) is 0 Å². The first-order chi connectivity index (χ1) is 8.74. The summed E-state index contributed by atoms with van der Waals surface area (Å²) >= 11 is 0. The Morgan fingerprint density at radius 2 is 1.56 bits per heavy atom. The van der Waals surface area contributed by atoms with E-state index in [1.54, 1.807) is 0 Å². The van der Waals surface area contributed by atoms with Crippen LogP contribution in [0.1, 0.15) is 38.5 Å². The highest BCUT2D eigenvalue weighted by Crippen LogP contribution is 2.19. The van der Waals surface area contributed by atoms with Crippen molar-refractivity contribution in [2.75, 3.05) is 46.8 Å². The smallest absolute Gasteiger partial charge is 0.00797 e. The molecule has 2 aliphatic rings. The normalized spacial score (nSPS) is 29.3. The van der Waals surface area contributed by atoms with E-state index in [-0.39, 0.29) is 0 Å². The number of rotatable bonds is 4. The van der Waals surface area contributed by atoms with Crippen LogP contribution in [0.4, 0.5) is 0 Å². The summed E-state index contributed by atoms with van der Waals surface area (Å²) in [7, 11) is 4.50. The lowest BCUT2D eigenvalue weighted by Gasteiger charge is -2.29. The van der Waals surface area contributed by atoms with Crippen molar-refractivity contribution in [3.8, 4) is 0 Å². The van der Waals surface area contributed by atoms with E-state index < -0.39 is 0 Å². The van der Waals surface area contributed by atoms with Crippen molar-refractivity contribution >= 4 is 0 Å². The quantitative estimate of drug-likeness (QED) is 0.824. The largest absolute Gasteiger partial charge is 0.314 e. The van der Waals surface area contributed by atoms with Gasteiger partial charge in [-0.15, -0.1) is 0 Å². The van der Waals surface area contributed by atoms with Gasteiger partial charge < -0.3 is 15.1 Å². The minimum atomic E-state index is 0.779. The molecule has 0 aromatic carbocycles. The number of hydrogen-bond acceptors (Lipinski definition) is 3. The van der Waals surface area contributed by atoms with Crippen molar-refractivity contribution < 1.29 is 0 Å². The predicted octanol–water partition coefficient (Wildman–Crippen LogP) is 1.79. The third kappa shape index (κ3) is 4.87. The van der Waals surface area contributed by atoms with E-state index in [0.717, 1.165) is 12.0 Å². The Balaban J connectivity index is 1.57. The second-order valence-corrected chi connectivity index (χ2v) is 6.42. The molecule has 2 aliphatic heterocycles. The number of hydrogen-bond donors (Lipinski definition) is 1. The second kappa shape index (κ2) is 7.46. The number of nitrogens with one attached hydrogen (secondary N) is 1. The molecule has 2 saturated heterocycles. The maximum Gasteiger partial charge on any atom is 0.00797 e. The van der Waals surface area contributed by atoms with Gasteiger partial charge in [-0.25, -0.2) is 0 Å². The molecule has 2 rings (SSSR count). The van der Waals surface area contributed by atoms with Crippen LogP contribution in [-0.2, 0) is 0 Å². The lowest BCUT2D eigenvalue weighted by molar-refractivity contribution is 0.210. The molecular formula is C15H31N3. The molecular weight excluding hydrogens is 222 g/mol. The summed E-state index contributed by atoms with van der Waals surface area (Å²) in [4.78, 5) is 4.93. The number of piperidine rings is 1. The molecule has 0 bridgehead atoms. The van der Waals surface area contributed by atoms with Crippen LogP contribution >= 0.6 is 0 Å². The van der Waals surface area contributed by atoms with Gasteiger partial charge in [0.2, 0.25) is 0 Å². The standard InChI is InChI=1S/C15H31N3/c1-17-10-3-4-15(8-13-17)16-9-5-14-6-11-18(2)12-7-14/h14-16H,3-13H2,1-2H3. The molecule has 0 aliphatic carbocycles. The molecule has 1 atom stereocenters. The van der Waals surface area contributed by atoms with Crippen molar-refractivity contribution in [3.63, 3.8) is 0 Å². The maximum absolute atomic E-state index is 3.80. The number of likely N-dealkylation sites (tertiary alicyclic amines) is 2. The minimum Gasteiger partial charge on any atom is -0.314 e. The van der Waals surface area contributed by atoms with Gasteiger partial charge in [0.1, 0.15) is 0 Å². The highest BCUT2D eigenvalue weighted by Gasteiger charge is 2.18. The first-order valence-corrected chi connectivity index (χ1v) is 7.84. The Kier molecular flexibility index (Phi) is 5.93. The first kappa shape index (κ1) is 14.3. The van der Waals surface area contributed by atoms with Crippen molar-refractivity contribution in [2.45, 2.75) is 44.6 Å². The molecule has 3 nitrogen and oxygen atoms in total. The summed E-state index contributed by atoms with van der Waals surface area (Å²) < 4.78 is 0. The van der Waals surface area contributed by atoms with Gasteiger partial charge in [0, 0.05) is 6.04 Å². The van der Waals surface area contributed by atoms with Crippen LogP contribution in [-0.4, -0.2) is 62.7 Å². The summed E-state index contributed by atoms with van der Waals surface area (Å²) in [5.74, 6) is 0.974. The van der Waals surface area contributed by atoms with Crippen molar-refractivity contribution in [1.29, 1.82) is 0 Å². The Hall–Kier alpha value is -0.120. The molecule has 2 fully saturated rings. The van der Waals surface area contributed by atoms with Crippen LogP contribution in [0.5, 0.6) is 0 Å². The van der Waals surface area contributed by atoms with Gasteiger partial charge >= 0.3 is 0 Å². The Labute approximate surface area is 113 Å². The fourth-order valence-electron chi connectivity index (χ4n) is 3.29. The summed E-state index contributed by atoms with van der Waals surface area (Å²) in [6.07, 6.45) is 8.28. The van der Waals surface area contributed by atoms with Crippen molar-refractivity contribution in [2.24, 2.45) is 5.92 Å². The van der Waals surface area contributed by atoms with E-state index >= 15 is 0 Å². The van der Waals surface area contributed by atoms with Crippen LogP contribution in [0.3, 0.4) is 0 Å². The van der Waals surface area contributed by atoms with Gasteiger partial charge in [0.15, 0.2) is 0 Å². The SMILES string of the molecule is CN1CCC(CCNC2CCCN(C)CC2)CC1. The van der Waals surface area contributed by atoms with Crippen LogP contribution in [0.15, 0.2) is 0 Å². The summed E-state index contributed by atoms with van der Waals surface area (Å²) in [6, 6.07) is 0.779. The molecule has 0 aromatic heterocycles. The third-order valence-electron chi connectivity index (χ3n) is 4.78. The Bertz CT molecular complexity index is 224. The van der Waals surface area contributed by atoms with Crippen LogP contribution in [0.2, 0.25) is 0 Å². The fraction of sp³-hybridized carbons (Fsp3) is 1.00. The highest BCUT2D eigenvalue weighted by atomic mass is 15.1. The van der Waals surface area contributed by atoms with E-state index in [2.05, 4.69) is 29.2 Å². The lowest BCUT2D eigenvalue weighted by atomic mass is 9.93. The molecule has 1 N–H and O–H groups in total. The number of nitrogens with zero attached hydrogens (tertiary/aromatic N) is 2. The monoisotopic (exact) mass is 253 g/mol. The van der Waals surface area contributed by atoms with Crippen molar-refractivity contribution in [1.82, 2.24) is 15.1 Å². The molecule has 106 valence electrons. The molecule has 18 heavy (non-hydrogen) atoms. The second-order valence-electron chi connectivity index (χ2n) is 6.42. The lowest BCUT2D eigenvalue weighted by Crippen LogP contribution is -2.34. The van der Waals surface area contributed by atoms with Gasteiger partial charge in [-0.3, -0.25) is 0 Å². The summed E-state index contributed by atoms with van der Waals surface area (Å²) in [5.41, 5.74) is 0. The average molecular weight is 253 g/mol. The zero-order valence-electron chi connectivity index (χ0n) is 12.3. The molecule has 3 heteroatoms.